The number of sulfonamides is 1. The molecule has 3 aromatic rings. The normalized spacial score (nSPS) is 21.5. The molecular weight excluding hydrogens is 407 g/mol. The van der Waals surface area contributed by atoms with Gasteiger partial charge in [-0.25, -0.2) is 4.39 Å². The summed E-state index contributed by atoms with van der Waals surface area (Å²) in [6.45, 7) is 0.682. The molecule has 8 heteroatoms. The minimum atomic E-state index is -3.87. The second kappa shape index (κ2) is 9.01. The molecule has 0 bridgehead atoms. The van der Waals surface area contributed by atoms with Crippen molar-refractivity contribution in [2.45, 2.75) is 24.2 Å². The van der Waals surface area contributed by atoms with E-state index in [0.29, 0.717) is 12.2 Å². The van der Waals surface area contributed by atoms with Gasteiger partial charge in [-0.1, -0.05) is 46.7 Å². The van der Waals surface area contributed by atoms with Crippen LogP contribution in [0.5, 0.6) is 5.75 Å². The summed E-state index contributed by atoms with van der Waals surface area (Å²) in [4.78, 5) is 3.93. The van der Waals surface area contributed by atoms with Crippen LogP contribution in [0.15, 0.2) is 78.0 Å². The second-order valence-electron chi connectivity index (χ2n) is 6.99. The fraction of sp³-hybridized carbons (Fsp3) is 0.227. The van der Waals surface area contributed by atoms with Gasteiger partial charge in [0.25, 0.3) is 0 Å². The zero-order chi connectivity index (χ0) is 21.0. The summed E-state index contributed by atoms with van der Waals surface area (Å²) in [6.07, 6.45) is 2.23. The Morgan fingerprint density at radius 1 is 1.17 bits per heavy atom. The number of ether oxygens (including phenoxy) is 2. The lowest BCUT2D eigenvalue weighted by Crippen LogP contribution is -2.41. The van der Waals surface area contributed by atoms with Crippen molar-refractivity contribution in [1.29, 1.82) is 0 Å². The molecule has 1 aromatic heterocycles. The van der Waals surface area contributed by atoms with Crippen LogP contribution in [0.3, 0.4) is 0 Å². The molecule has 1 aliphatic rings. The molecule has 0 saturated heterocycles. The van der Waals surface area contributed by atoms with Gasteiger partial charge in [0.05, 0.1) is 32.5 Å². The maximum atomic E-state index is 13.6. The van der Waals surface area contributed by atoms with E-state index in [1.54, 1.807) is 12.1 Å². The molecule has 156 valence electrons. The van der Waals surface area contributed by atoms with Crippen molar-refractivity contribution in [2.24, 2.45) is 0 Å². The fourth-order valence-corrected chi connectivity index (χ4v) is 4.82. The van der Waals surface area contributed by atoms with E-state index in [4.69, 9.17) is 9.47 Å². The van der Waals surface area contributed by atoms with Crippen molar-refractivity contribution in [3.05, 3.63) is 90.0 Å². The van der Waals surface area contributed by atoms with Gasteiger partial charge in [-0.05, 0) is 23.3 Å². The van der Waals surface area contributed by atoms with Gasteiger partial charge in [-0.3, -0.25) is 4.98 Å². The summed E-state index contributed by atoms with van der Waals surface area (Å²) in [6, 6.07) is 17.1. The number of benzene rings is 2. The predicted molar refractivity (Wildman–Crippen MR) is 109 cm³/mol. The first-order chi connectivity index (χ1) is 14.5. The van der Waals surface area contributed by atoms with Crippen molar-refractivity contribution < 1.29 is 22.6 Å². The van der Waals surface area contributed by atoms with Gasteiger partial charge in [-0.2, -0.15) is 0 Å². The number of halogens is 1. The number of hydrogen-bond donors (Lipinski definition) is 0. The highest BCUT2D eigenvalue weighted by Gasteiger charge is 2.40. The zero-order valence-electron chi connectivity index (χ0n) is 16.1. The molecule has 0 amide bonds. The Morgan fingerprint density at radius 2 is 1.97 bits per heavy atom. The van der Waals surface area contributed by atoms with Crippen molar-refractivity contribution in [1.82, 2.24) is 9.29 Å². The molecule has 1 unspecified atom stereocenters. The SMILES string of the molecule is O=[S+]1([O-])c2cnccc2O[C@@H](COCc2ccccc2)CN1Cc1cccc(F)c1. The molecule has 30 heavy (non-hydrogen) atoms. The Balaban J connectivity index is 1.55. The van der Waals surface area contributed by atoms with Crippen LogP contribution in [0.1, 0.15) is 11.1 Å². The average Bonchev–Trinajstić information content (AvgIpc) is 2.84. The first kappa shape index (κ1) is 20.6. The van der Waals surface area contributed by atoms with Gasteiger partial charge >= 0.3 is 0 Å². The number of fused-ring (bicyclic) bond motifs is 1. The molecule has 6 nitrogen and oxygen atoms in total. The smallest absolute Gasteiger partial charge is 0.235 e. The van der Waals surface area contributed by atoms with E-state index in [1.807, 2.05) is 30.3 Å². The van der Waals surface area contributed by atoms with Crippen LogP contribution in [0.4, 0.5) is 4.39 Å². The maximum Gasteiger partial charge on any atom is 0.235 e. The van der Waals surface area contributed by atoms with E-state index in [1.165, 1.54) is 34.9 Å². The minimum absolute atomic E-state index is 0.00744. The Morgan fingerprint density at radius 3 is 2.77 bits per heavy atom. The van der Waals surface area contributed by atoms with Crippen molar-refractivity contribution >= 4 is 10.4 Å². The van der Waals surface area contributed by atoms with Crippen LogP contribution >= 0.6 is 0 Å². The van der Waals surface area contributed by atoms with Gasteiger partial charge < -0.3 is 14.0 Å². The van der Waals surface area contributed by atoms with E-state index < -0.39 is 22.3 Å². The Labute approximate surface area is 175 Å². The highest BCUT2D eigenvalue weighted by Crippen LogP contribution is 2.34. The standard InChI is InChI=1S/C22H21FN2O4S/c23-19-8-4-7-18(11-19)13-25-14-20(16-28-15-17-5-2-1-3-6-17)29-21-9-10-24-12-22(21)30(25,26)27/h1-12,20H,13-16H2/t20-/m1/s1. The summed E-state index contributed by atoms with van der Waals surface area (Å²) in [7, 11) is -3.87. The molecule has 2 heterocycles. The van der Waals surface area contributed by atoms with Crippen LogP contribution in [0.2, 0.25) is 0 Å². The topological polar surface area (TPSA) is 74.7 Å². The maximum absolute atomic E-state index is 13.6. The highest BCUT2D eigenvalue weighted by molar-refractivity contribution is 7.95. The van der Waals surface area contributed by atoms with E-state index in [0.717, 1.165) is 5.56 Å². The van der Waals surface area contributed by atoms with E-state index in [2.05, 4.69) is 4.98 Å². The highest BCUT2D eigenvalue weighted by atomic mass is 32.3. The Bertz CT molecular complexity index is 1050. The van der Waals surface area contributed by atoms with E-state index >= 15 is 0 Å². The molecule has 0 N–H and O–H groups in total. The van der Waals surface area contributed by atoms with Crippen molar-refractivity contribution in [3.8, 4) is 5.75 Å². The van der Waals surface area contributed by atoms with Crippen LogP contribution < -0.4 is 4.74 Å². The number of nitrogens with zero attached hydrogens (tertiary/aromatic N) is 2. The van der Waals surface area contributed by atoms with Crippen LogP contribution in [0, 0.1) is 5.82 Å². The molecular formula is C22H21FN2O4S. The molecule has 0 radical (unpaired) electrons. The quantitative estimate of drug-likeness (QED) is 0.561. The molecule has 2 atom stereocenters. The molecule has 0 spiro atoms. The zero-order valence-corrected chi connectivity index (χ0v) is 17.0. The molecule has 2 aromatic carbocycles. The largest absolute Gasteiger partial charge is 0.593 e. The van der Waals surface area contributed by atoms with Gasteiger partial charge in [0, 0.05) is 12.3 Å². The van der Waals surface area contributed by atoms with Gasteiger partial charge in [-0.15, -0.1) is 4.31 Å². The summed E-state index contributed by atoms with van der Waals surface area (Å²) in [5.74, 6) is -0.180. The van der Waals surface area contributed by atoms with Crippen LogP contribution in [0.25, 0.3) is 0 Å². The monoisotopic (exact) mass is 428 g/mol. The van der Waals surface area contributed by atoms with Gasteiger partial charge in [0.1, 0.15) is 11.9 Å². The van der Waals surface area contributed by atoms with Crippen LogP contribution in [-0.2, 0) is 32.5 Å². The third kappa shape index (κ3) is 4.73. The predicted octanol–water partition coefficient (Wildman–Crippen LogP) is 3.60. The lowest BCUT2D eigenvalue weighted by Gasteiger charge is -2.26. The van der Waals surface area contributed by atoms with E-state index in [-0.39, 0.29) is 30.3 Å². The molecule has 4 rings (SSSR count). The number of rotatable bonds is 6. The molecule has 0 saturated carbocycles. The lowest BCUT2D eigenvalue weighted by molar-refractivity contribution is 0.0331. The minimum Gasteiger partial charge on any atom is -0.593 e. The molecule has 0 fully saturated rings. The van der Waals surface area contributed by atoms with Gasteiger partial charge in [0.15, 0.2) is 16.1 Å². The average molecular weight is 428 g/mol. The third-order valence-electron chi connectivity index (χ3n) is 4.73. The lowest BCUT2D eigenvalue weighted by atomic mass is 10.2. The number of pyridine rings is 1. The summed E-state index contributed by atoms with van der Waals surface area (Å²) < 4.78 is 53.1. The number of hydrogen-bond acceptors (Lipinski definition) is 5. The van der Waals surface area contributed by atoms with Crippen molar-refractivity contribution in [3.63, 3.8) is 0 Å². The van der Waals surface area contributed by atoms with Gasteiger partial charge in [0.2, 0.25) is 4.90 Å². The number of aromatic nitrogens is 1. The summed E-state index contributed by atoms with van der Waals surface area (Å²) in [5.41, 5.74) is 1.56. The molecule has 0 aliphatic carbocycles. The summed E-state index contributed by atoms with van der Waals surface area (Å²) in [5, 5.41) is 0. The molecule has 1 aliphatic heterocycles. The Hall–Kier alpha value is -2.65. The van der Waals surface area contributed by atoms with Crippen molar-refractivity contribution in [2.75, 3.05) is 13.2 Å². The summed E-state index contributed by atoms with van der Waals surface area (Å²) >= 11 is 0. The first-order valence-electron chi connectivity index (χ1n) is 9.49. The Kier molecular flexibility index (Phi) is 6.19. The third-order valence-corrected chi connectivity index (χ3v) is 6.55. The second-order valence-corrected chi connectivity index (χ2v) is 8.90. The fourth-order valence-electron chi connectivity index (χ4n) is 3.30. The van der Waals surface area contributed by atoms with Crippen LogP contribution in [-0.4, -0.2) is 33.1 Å². The van der Waals surface area contributed by atoms with E-state index in [9.17, 15) is 13.2 Å². The first-order valence-corrected chi connectivity index (χ1v) is 10.9.